The summed E-state index contributed by atoms with van der Waals surface area (Å²) in [6.07, 6.45) is 2.82. The minimum absolute atomic E-state index is 0.234. The fourth-order valence-electron chi connectivity index (χ4n) is 2.45. The lowest BCUT2D eigenvalue weighted by Crippen LogP contribution is -2.29. The van der Waals surface area contributed by atoms with Gasteiger partial charge >= 0.3 is 0 Å². The number of nitrogens with zero attached hydrogens (tertiary/aromatic N) is 1. The Morgan fingerprint density at radius 2 is 2.06 bits per heavy atom. The summed E-state index contributed by atoms with van der Waals surface area (Å²) in [5, 5.41) is 1.05. The fourth-order valence-corrected chi connectivity index (χ4v) is 2.45. The van der Waals surface area contributed by atoms with Gasteiger partial charge in [0.15, 0.2) is 0 Å². The largest absolute Gasteiger partial charge is 0.398 e. The maximum Gasteiger partial charge on any atom is 0.0726 e. The van der Waals surface area contributed by atoms with Crippen molar-refractivity contribution in [2.45, 2.75) is 25.3 Å². The van der Waals surface area contributed by atoms with Gasteiger partial charge in [0.2, 0.25) is 0 Å². The van der Waals surface area contributed by atoms with Gasteiger partial charge in [-0.2, -0.15) is 0 Å². The molecule has 1 aromatic heterocycles. The van der Waals surface area contributed by atoms with Crippen molar-refractivity contribution in [1.82, 2.24) is 4.98 Å². The zero-order chi connectivity index (χ0) is 11.1. The molecule has 16 heavy (non-hydrogen) atoms. The molecule has 3 nitrogen and oxygen atoms in total. The summed E-state index contributed by atoms with van der Waals surface area (Å²) in [7, 11) is 0. The standard InChI is InChI=1S/C13H15N3/c14-8-5-6-12-10(7-8)13(15)9-3-1-2-4-11(9)16-12/h1-4,8H,5-7,14H2,(H2,15,16). The van der Waals surface area contributed by atoms with Crippen LogP contribution in [0.3, 0.4) is 0 Å². The Balaban J connectivity index is 2.29. The van der Waals surface area contributed by atoms with Crippen LogP contribution < -0.4 is 11.5 Å². The van der Waals surface area contributed by atoms with Crippen molar-refractivity contribution >= 4 is 16.6 Å². The lowest BCUT2D eigenvalue weighted by molar-refractivity contribution is 0.569. The second-order valence-electron chi connectivity index (χ2n) is 4.47. The van der Waals surface area contributed by atoms with E-state index < -0.39 is 0 Å². The van der Waals surface area contributed by atoms with Crippen molar-refractivity contribution in [3.63, 3.8) is 0 Å². The third kappa shape index (κ3) is 1.36. The van der Waals surface area contributed by atoms with E-state index in [0.29, 0.717) is 0 Å². The van der Waals surface area contributed by atoms with Gasteiger partial charge in [-0.3, -0.25) is 4.98 Å². The number of nitrogens with two attached hydrogens (primary N) is 2. The number of anilines is 1. The predicted octanol–water partition coefficient (Wildman–Crippen LogP) is 1.63. The lowest BCUT2D eigenvalue weighted by atomic mass is 9.90. The van der Waals surface area contributed by atoms with Crippen molar-refractivity contribution in [2.75, 3.05) is 5.73 Å². The van der Waals surface area contributed by atoms with Gasteiger partial charge in [-0.15, -0.1) is 0 Å². The molecule has 0 amide bonds. The van der Waals surface area contributed by atoms with Crippen molar-refractivity contribution in [1.29, 1.82) is 0 Å². The summed E-state index contributed by atoms with van der Waals surface area (Å²) in [6.45, 7) is 0. The molecule has 3 rings (SSSR count). The molecule has 0 aliphatic heterocycles. The average molecular weight is 213 g/mol. The van der Waals surface area contributed by atoms with Gasteiger partial charge in [0.1, 0.15) is 0 Å². The fraction of sp³-hybridized carbons (Fsp3) is 0.308. The zero-order valence-electron chi connectivity index (χ0n) is 9.11. The molecule has 2 aromatic rings. The summed E-state index contributed by atoms with van der Waals surface area (Å²) in [5.41, 5.74) is 16.4. The molecule has 0 fully saturated rings. The first-order valence-electron chi connectivity index (χ1n) is 5.67. The number of pyridine rings is 1. The Hall–Kier alpha value is -1.61. The molecule has 0 saturated heterocycles. The highest BCUT2D eigenvalue weighted by Crippen LogP contribution is 2.30. The van der Waals surface area contributed by atoms with Gasteiger partial charge in [0.25, 0.3) is 0 Å². The van der Waals surface area contributed by atoms with Crippen LogP contribution in [-0.4, -0.2) is 11.0 Å². The van der Waals surface area contributed by atoms with Crippen LogP contribution in [0.15, 0.2) is 24.3 Å². The lowest BCUT2D eigenvalue weighted by Gasteiger charge is -2.23. The number of aromatic nitrogens is 1. The molecule has 1 heterocycles. The van der Waals surface area contributed by atoms with E-state index in [-0.39, 0.29) is 6.04 Å². The van der Waals surface area contributed by atoms with Crippen LogP contribution in [0.5, 0.6) is 0 Å². The van der Waals surface area contributed by atoms with Gasteiger partial charge in [-0.05, 0) is 30.9 Å². The van der Waals surface area contributed by atoms with E-state index in [4.69, 9.17) is 11.5 Å². The van der Waals surface area contributed by atoms with Gasteiger partial charge in [0, 0.05) is 22.8 Å². The molecule has 0 spiro atoms. The van der Waals surface area contributed by atoms with Crippen LogP contribution in [0.4, 0.5) is 5.69 Å². The maximum absolute atomic E-state index is 6.21. The number of benzene rings is 1. The molecule has 0 saturated carbocycles. The molecule has 1 aliphatic rings. The molecule has 82 valence electrons. The quantitative estimate of drug-likeness (QED) is 0.699. The minimum Gasteiger partial charge on any atom is -0.398 e. The topological polar surface area (TPSA) is 64.9 Å². The van der Waals surface area contributed by atoms with Crippen molar-refractivity contribution in [3.8, 4) is 0 Å². The molecule has 1 aliphatic carbocycles. The Morgan fingerprint density at radius 3 is 2.94 bits per heavy atom. The van der Waals surface area contributed by atoms with Crippen LogP contribution in [0.2, 0.25) is 0 Å². The smallest absolute Gasteiger partial charge is 0.0726 e. The summed E-state index contributed by atoms with van der Waals surface area (Å²) in [4.78, 5) is 4.68. The summed E-state index contributed by atoms with van der Waals surface area (Å²) in [5.74, 6) is 0. The zero-order valence-corrected chi connectivity index (χ0v) is 9.11. The number of fused-ring (bicyclic) bond motifs is 2. The normalized spacial score (nSPS) is 19.7. The number of rotatable bonds is 0. The molecule has 4 N–H and O–H groups in total. The molecular weight excluding hydrogens is 198 g/mol. The highest BCUT2D eigenvalue weighted by Gasteiger charge is 2.20. The molecule has 1 atom stereocenters. The molecule has 3 heteroatoms. The monoisotopic (exact) mass is 213 g/mol. The molecule has 0 bridgehead atoms. The minimum atomic E-state index is 0.234. The van der Waals surface area contributed by atoms with Gasteiger partial charge in [0.05, 0.1) is 5.52 Å². The van der Waals surface area contributed by atoms with Crippen LogP contribution in [0, 0.1) is 0 Å². The van der Waals surface area contributed by atoms with Crippen molar-refractivity contribution in [3.05, 3.63) is 35.5 Å². The maximum atomic E-state index is 6.21. The number of hydrogen-bond acceptors (Lipinski definition) is 3. The Bertz CT molecular complexity index is 548. The number of aryl methyl sites for hydroxylation is 1. The number of hydrogen-bond donors (Lipinski definition) is 2. The summed E-state index contributed by atoms with van der Waals surface area (Å²) < 4.78 is 0. The molecular formula is C13H15N3. The second kappa shape index (κ2) is 3.46. The van der Waals surface area contributed by atoms with E-state index in [0.717, 1.165) is 47.1 Å². The third-order valence-electron chi connectivity index (χ3n) is 3.34. The number of para-hydroxylation sites is 1. The molecule has 1 unspecified atom stereocenters. The first-order valence-corrected chi connectivity index (χ1v) is 5.67. The Labute approximate surface area is 94.5 Å². The summed E-state index contributed by atoms with van der Waals surface area (Å²) in [6, 6.07) is 8.27. The van der Waals surface area contributed by atoms with Gasteiger partial charge in [-0.25, -0.2) is 0 Å². The van der Waals surface area contributed by atoms with Crippen LogP contribution in [-0.2, 0) is 12.8 Å². The highest BCUT2D eigenvalue weighted by atomic mass is 14.8. The predicted molar refractivity (Wildman–Crippen MR) is 66.2 cm³/mol. The van der Waals surface area contributed by atoms with Crippen LogP contribution >= 0.6 is 0 Å². The van der Waals surface area contributed by atoms with E-state index in [1.54, 1.807) is 0 Å². The SMILES string of the molecule is Nc1c2c(nc3ccccc13)CCC(N)C2. The van der Waals surface area contributed by atoms with Crippen molar-refractivity contribution in [2.24, 2.45) is 5.73 Å². The van der Waals surface area contributed by atoms with Gasteiger partial charge in [-0.1, -0.05) is 18.2 Å². The first kappa shape index (κ1) is 9.60. The average Bonchev–Trinajstić information content (AvgIpc) is 2.31. The van der Waals surface area contributed by atoms with Crippen LogP contribution in [0.25, 0.3) is 10.9 Å². The van der Waals surface area contributed by atoms with E-state index in [2.05, 4.69) is 4.98 Å². The van der Waals surface area contributed by atoms with Crippen molar-refractivity contribution < 1.29 is 0 Å². The van der Waals surface area contributed by atoms with E-state index in [1.807, 2.05) is 24.3 Å². The first-order chi connectivity index (χ1) is 7.75. The summed E-state index contributed by atoms with van der Waals surface area (Å²) >= 11 is 0. The van der Waals surface area contributed by atoms with E-state index >= 15 is 0 Å². The highest BCUT2D eigenvalue weighted by molar-refractivity contribution is 5.92. The Morgan fingerprint density at radius 1 is 1.25 bits per heavy atom. The van der Waals surface area contributed by atoms with E-state index in [1.165, 1.54) is 0 Å². The van der Waals surface area contributed by atoms with E-state index in [9.17, 15) is 0 Å². The third-order valence-corrected chi connectivity index (χ3v) is 3.34. The van der Waals surface area contributed by atoms with Crippen LogP contribution in [0.1, 0.15) is 17.7 Å². The molecule has 0 radical (unpaired) electrons. The van der Waals surface area contributed by atoms with Gasteiger partial charge < -0.3 is 11.5 Å². The second-order valence-corrected chi connectivity index (χ2v) is 4.47. The number of nitrogen functional groups attached to an aromatic ring is 1. The molecule has 1 aromatic carbocycles. The Kier molecular flexibility index (Phi) is 2.07.